The molecule has 0 fully saturated rings. The van der Waals surface area contributed by atoms with Gasteiger partial charge >= 0.3 is 0 Å². The molecule has 1 aromatic rings. The van der Waals surface area contributed by atoms with Crippen molar-refractivity contribution in [3.8, 4) is 0 Å². The van der Waals surface area contributed by atoms with Gasteiger partial charge in [-0.2, -0.15) is 0 Å². The van der Waals surface area contributed by atoms with Gasteiger partial charge in [-0.25, -0.2) is 0 Å². The molecule has 1 amide bonds. The van der Waals surface area contributed by atoms with Crippen LogP contribution < -0.4 is 5.32 Å². The molecule has 1 atom stereocenters. The van der Waals surface area contributed by atoms with Gasteiger partial charge in [-0.1, -0.05) is 15.9 Å². The number of alkyl halides is 1. The number of ether oxygens (including phenoxy) is 1. The third kappa shape index (κ3) is 4.19. The molecule has 1 rings (SSSR count). The Hall–Kier alpha value is -0.460. The summed E-state index contributed by atoms with van der Waals surface area (Å²) in [6.07, 6.45) is 3.16. The number of halogens is 2. The number of hydrogen-bond acceptors (Lipinski definition) is 3. The van der Waals surface area contributed by atoms with Crippen molar-refractivity contribution >= 4 is 37.8 Å². The van der Waals surface area contributed by atoms with E-state index in [0.29, 0.717) is 17.5 Å². The van der Waals surface area contributed by atoms with Gasteiger partial charge in [0.2, 0.25) is 0 Å². The maximum Gasteiger partial charge on any atom is 0.253 e. The second-order valence-corrected chi connectivity index (χ2v) is 4.74. The van der Waals surface area contributed by atoms with E-state index in [1.54, 1.807) is 19.4 Å². The molecule has 0 aliphatic rings. The minimum Gasteiger partial charge on any atom is -0.383 e. The van der Waals surface area contributed by atoms with Gasteiger partial charge in [0.05, 0.1) is 18.2 Å². The van der Waals surface area contributed by atoms with Crippen molar-refractivity contribution in [2.24, 2.45) is 0 Å². The van der Waals surface area contributed by atoms with E-state index in [4.69, 9.17) is 4.74 Å². The summed E-state index contributed by atoms with van der Waals surface area (Å²) in [7, 11) is 1.60. The Morgan fingerprint density at radius 3 is 2.94 bits per heavy atom. The predicted octanol–water partition coefficient (Wildman–Crippen LogP) is 1.98. The van der Waals surface area contributed by atoms with Crippen molar-refractivity contribution < 1.29 is 9.53 Å². The van der Waals surface area contributed by atoms with Crippen LogP contribution in [0.3, 0.4) is 0 Å². The summed E-state index contributed by atoms with van der Waals surface area (Å²) in [6, 6.07) is 1.68. The molecule has 16 heavy (non-hydrogen) atoms. The fraction of sp³-hybridized carbons (Fsp3) is 0.400. The molecule has 0 bridgehead atoms. The Morgan fingerprint density at radius 2 is 2.38 bits per heavy atom. The summed E-state index contributed by atoms with van der Waals surface area (Å²) >= 11 is 6.58. The van der Waals surface area contributed by atoms with Crippen LogP contribution in [0.15, 0.2) is 22.9 Å². The van der Waals surface area contributed by atoms with Crippen molar-refractivity contribution in [3.05, 3.63) is 28.5 Å². The molecule has 1 heterocycles. The number of carbonyl (C=O) groups is 1. The number of carbonyl (C=O) groups excluding carboxylic acids is 1. The summed E-state index contributed by atoms with van der Waals surface area (Å²) < 4.78 is 5.77. The average Bonchev–Trinajstić information content (AvgIpc) is 2.28. The van der Waals surface area contributed by atoms with Gasteiger partial charge in [-0.15, -0.1) is 0 Å². The third-order valence-electron chi connectivity index (χ3n) is 1.86. The third-order valence-corrected chi connectivity index (χ3v) is 3.07. The Bertz CT molecular complexity index is 360. The molecule has 0 aromatic carbocycles. The van der Waals surface area contributed by atoms with Gasteiger partial charge in [0.25, 0.3) is 5.91 Å². The fourth-order valence-electron chi connectivity index (χ4n) is 1.13. The first kappa shape index (κ1) is 13.6. The average molecular weight is 352 g/mol. The van der Waals surface area contributed by atoms with Crippen molar-refractivity contribution in [2.45, 2.75) is 6.04 Å². The quantitative estimate of drug-likeness (QED) is 0.825. The van der Waals surface area contributed by atoms with Crippen LogP contribution in [0.1, 0.15) is 10.4 Å². The zero-order valence-corrected chi connectivity index (χ0v) is 11.9. The van der Waals surface area contributed by atoms with Gasteiger partial charge in [0.1, 0.15) is 0 Å². The minimum absolute atomic E-state index is 0.0449. The Balaban J connectivity index is 2.64. The number of methoxy groups -OCH3 is 1. The van der Waals surface area contributed by atoms with Crippen LogP contribution in [0.2, 0.25) is 0 Å². The van der Waals surface area contributed by atoms with Gasteiger partial charge in [0, 0.05) is 29.3 Å². The lowest BCUT2D eigenvalue weighted by atomic mass is 10.2. The van der Waals surface area contributed by atoms with Gasteiger partial charge < -0.3 is 10.1 Å². The predicted molar refractivity (Wildman–Crippen MR) is 68.9 cm³/mol. The monoisotopic (exact) mass is 350 g/mol. The van der Waals surface area contributed by atoms with E-state index in [1.165, 1.54) is 6.20 Å². The number of amides is 1. The molecule has 1 N–H and O–H groups in total. The minimum atomic E-state index is -0.157. The van der Waals surface area contributed by atoms with E-state index in [1.807, 2.05) is 0 Å². The number of nitrogens with one attached hydrogen (secondary N) is 1. The normalized spacial score (nSPS) is 12.2. The summed E-state index contributed by atoms with van der Waals surface area (Å²) in [5.74, 6) is -0.157. The van der Waals surface area contributed by atoms with Gasteiger partial charge in [0.15, 0.2) is 0 Å². The van der Waals surface area contributed by atoms with E-state index in [2.05, 4.69) is 42.2 Å². The molecule has 88 valence electrons. The van der Waals surface area contributed by atoms with E-state index in [9.17, 15) is 4.79 Å². The van der Waals surface area contributed by atoms with E-state index in [0.717, 1.165) is 4.47 Å². The lowest BCUT2D eigenvalue weighted by Gasteiger charge is -2.14. The topological polar surface area (TPSA) is 51.2 Å². The zero-order chi connectivity index (χ0) is 12.0. The maximum absolute atomic E-state index is 11.8. The largest absolute Gasteiger partial charge is 0.383 e. The van der Waals surface area contributed by atoms with E-state index < -0.39 is 0 Å². The second-order valence-electron chi connectivity index (χ2n) is 3.17. The lowest BCUT2D eigenvalue weighted by Crippen LogP contribution is -2.39. The maximum atomic E-state index is 11.8. The number of nitrogens with zero attached hydrogens (tertiary/aromatic N) is 1. The van der Waals surface area contributed by atoms with Crippen molar-refractivity contribution in [3.63, 3.8) is 0 Å². The first-order valence-electron chi connectivity index (χ1n) is 4.63. The molecule has 1 aromatic heterocycles. The Morgan fingerprint density at radius 1 is 1.62 bits per heavy atom. The number of pyridine rings is 1. The molecule has 0 radical (unpaired) electrons. The van der Waals surface area contributed by atoms with Crippen LogP contribution in [0.4, 0.5) is 0 Å². The summed E-state index contributed by atoms with van der Waals surface area (Å²) in [6.45, 7) is 0.471. The molecular formula is C10H12Br2N2O2. The van der Waals surface area contributed by atoms with E-state index >= 15 is 0 Å². The summed E-state index contributed by atoms with van der Waals surface area (Å²) in [4.78, 5) is 15.7. The number of aromatic nitrogens is 1. The van der Waals surface area contributed by atoms with Gasteiger partial charge in [-0.3, -0.25) is 9.78 Å². The van der Waals surface area contributed by atoms with E-state index in [-0.39, 0.29) is 11.9 Å². The molecule has 1 unspecified atom stereocenters. The highest BCUT2D eigenvalue weighted by molar-refractivity contribution is 9.10. The SMILES string of the molecule is COCC(CBr)NC(=O)c1cncc(Br)c1. The fourth-order valence-corrected chi connectivity index (χ4v) is 1.84. The van der Waals surface area contributed by atoms with Crippen LogP contribution >= 0.6 is 31.9 Å². The van der Waals surface area contributed by atoms with Crippen molar-refractivity contribution in [2.75, 3.05) is 19.0 Å². The van der Waals surface area contributed by atoms with Crippen LogP contribution in [0, 0.1) is 0 Å². The lowest BCUT2D eigenvalue weighted by molar-refractivity contribution is 0.0907. The highest BCUT2D eigenvalue weighted by Gasteiger charge is 2.12. The number of hydrogen-bond donors (Lipinski definition) is 1. The standard InChI is InChI=1S/C10H12Br2N2O2/c1-16-6-9(3-11)14-10(15)7-2-8(12)5-13-4-7/h2,4-5,9H,3,6H2,1H3,(H,14,15). The van der Waals surface area contributed by atoms with Gasteiger partial charge in [-0.05, 0) is 22.0 Å². The van der Waals surface area contributed by atoms with Crippen molar-refractivity contribution in [1.82, 2.24) is 10.3 Å². The summed E-state index contributed by atoms with van der Waals surface area (Å²) in [5.41, 5.74) is 0.524. The molecule has 6 heteroatoms. The zero-order valence-electron chi connectivity index (χ0n) is 8.74. The highest BCUT2D eigenvalue weighted by Crippen LogP contribution is 2.09. The van der Waals surface area contributed by atoms with Crippen LogP contribution in [0.25, 0.3) is 0 Å². The molecule has 0 saturated carbocycles. The van der Waals surface area contributed by atoms with Crippen LogP contribution in [0.5, 0.6) is 0 Å². The highest BCUT2D eigenvalue weighted by atomic mass is 79.9. The molecular weight excluding hydrogens is 340 g/mol. The second kappa shape index (κ2) is 6.98. The van der Waals surface area contributed by atoms with Crippen LogP contribution in [-0.2, 0) is 4.74 Å². The molecule has 4 nitrogen and oxygen atoms in total. The first-order chi connectivity index (χ1) is 7.67. The molecule has 0 spiro atoms. The molecule has 0 saturated heterocycles. The first-order valence-corrected chi connectivity index (χ1v) is 6.55. The Labute approximate surface area is 111 Å². The molecule has 0 aliphatic heterocycles. The molecule has 0 aliphatic carbocycles. The summed E-state index contributed by atoms with van der Waals surface area (Å²) in [5, 5.41) is 3.49. The smallest absolute Gasteiger partial charge is 0.253 e. The van der Waals surface area contributed by atoms with Crippen molar-refractivity contribution in [1.29, 1.82) is 0 Å². The van der Waals surface area contributed by atoms with Crippen LogP contribution in [-0.4, -0.2) is 36.0 Å². The number of rotatable bonds is 5. The Kier molecular flexibility index (Phi) is 5.94.